The van der Waals surface area contributed by atoms with E-state index in [0.29, 0.717) is 24.0 Å². The SMILES string of the molecule is C=CCN(Cc1nc(-c2ccc(C)cc2)no1)C(=O)COc1ccccc1. The van der Waals surface area contributed by atoms with Crippen LogP contribution in [0, 0.1) is 6.92 Å². The third-order valence-electron chi connectivity index (χ3n) is 3.91. The van der Waals surface area contributed by atoms with Crippen molar-refractivity contribution in [1.29, 1.82) is 0 Å². The Bertz CT molecular complexity index is 889. The summed E-state index contributed by atoms with van der Waals surface area (Å²) in [7, 11) is 0. The van der Waals surface area contributed by atoms with Crippen molar-refractivity contribution in [1.82, 2.24) is 15.0 Å². The lowest BCUT2D eigenvalue weighted by Gasteiger charge is -2.19. The highest BCUT2D eigenvalue weighted by Gasteiger charge is 2.18. The molecule has 3 rings (SSSR count). The predicted octanol–water partition coefficient (Wildman–Crippen LogP) is 3.64. The van der Waals surface area contributed by atoms with Crippen LogP contribution in [-0.4, -0.2) is 34.1 Å². The maximum Gasteiger partial charge on any atom is 0.261 e. The minimum Gasteiger partial charge on any atom is -0.484 e. The first kappa shape index (κ1) is 18.4. The van der Waals surface area contributed by atoms with Crippen molar-refractivity contribution in [2.75, 3.05) is 13.2 Å². The average molecular weight is 363 g/mol. The van der Waals surface area contributed by atoms with Gasteiger partial charge in [-0.15, -0.1) is 6.58 Å². The maximum atomic E-state index is 12.5. The van der Waals surface area contributed by atoms with Crippen molar-refractivity contribution < 1.29 is 14.1 Å². The quantitative estimate of drug-likeness (QED) is 0.572. The fourth-order valence-corrected chi connectivity index (χ4v) is 2.47. The monoisotopic (exact) mass is 363 g/mol. The van der Waals surface area contributed by atoms with E-state index in [9.17, 15) is 4.79 Å². The summed E-state index contributed by atoms with van der Waals surface area (Å²) in [6.07, 6.45) is 1.65. The number of aromatic nitrogens is 2. The minimum absolute atomic E-state index is 0.0726. The number of aryl methyl sites for hydroxylation is 1. The maximum absolute atomic E-state index is 12.5. The average Bonchev–Trinajstić information content (AvgIpc) is 3.16. The van der Waals surface area contributed by atoms with Gasteiger partial charge in [0.1, 0.15) is 12.3 Å². The number of para-hydroxylation sites is 1. The molecule has 0 spiro atoms. The first-order valence-corrected chi connectivity index (χ1v) is 8.62. The molecule has 1 heterocycles. The summed E-state index contributed by atoms with van der Waals surface area (Å²) in [6, 6.07) is 17.0. The van der Waals surface area contributed by atoms with Gasteiger partial charge >= 0.3 is 0 Å². The number of nitrogens with zero attached hydrogens (tertiary/aromatic N) is 3. The van der Waals surface area contributed by atoms with Crippen LogP contribution < -0.4 is 4.74 Å². The van der Waals surface area contributed by atoms with E-state index in [2.05, 4.69) is 16.7 Å². The third kappa shape index (κ3) is 5.04. The molecule has 3 aromatic rings. The van der Waals surface area contributed by atoms with Crippen LogP contribution in [0.2, 0.25) is 0 Å². The zero-order chi connectivity index (χ0) is 19.1. The summed E-state index contributed by atoms with van der Waals surface area (Å²) in [5.41, 5.74) is 2.02. The number of rotatable bonds is 8. The number of carbonyl (C=O) groups is 1. The van der Waals surface area contributed by atoms with E-state index < -0.39 is 0 Å². The van der Waals surface area contributed by atoms with Gasteiger partial charge in [0, 0.05) is 12.1 Å². The molecule has 0 saturated heterocycles. The smallest absolute Gasteiger partial charge is 0.261 e. The molecule has 27 heavy (non-hydrogen) atoms. The van der Waals surface area contributed by atoms with E-state index in [0.717, 1.165) is 11.1 Å². The molecule has 0 fully saturated rings. The van der Waals surface area contributed by atoms with E-state index in [1.807, 2.05) is 49.4 Å². The number of hydrogen-bond donors (Lipinski definition) is 0. The Morgan fingerprint density at radius 3 is 2.63 bits per heavy atom. The minimum atomic E-state index is -0.186. The van der Waals surface area contributed by atoms with Crippen LogP contribution >= 0.6 is 0 Å². The first-order chi connectivity index (χ1) is 13.2. The lowest BCUT2D eigenvalue weighted by Crippen LogP contribution is -2.34. The van der Waals surface area contributed by atoms with Crippen LogP contribution in [0.15, 0.2) is 71.8 Å². The van der Waals surface area contributed by atoms with Gasteiger partial charge in [-0.05, 0) is 19.1 Å². The number of hydrogen-bond acceptors (Lipinski definition) is 5. The molecule has 0 bridgehead atoms. The summed E-state index contributed by atoms with van der Waals surface area (Å²) in [4.78, 5) is 18.4. The number of carbonyl (C=O) groups excluding carboxylic acids is 1. The van der Waals surface area contributed by atoms with Crippen LogP contribution in [0.25, 0.3) is 11.4 Å². The van der Waals surface area contributed by atoms with Crippen molar-refractivity contribution >= 4 is 5.91 Å². The Hall–Kier alpha value is -3.41. The van der Waals surface area contributed by atoms with Gasteiger partial charge in [-0.3, -0.25) is 4.79 Å². The second-order valence-electron chi connectivity index (χ2n) is 6.04. The zero-order valence-electron chi connectivity index (χ0n) is 15.2. The summed E-state index contributed by atoms with van der Waals surface area (Å²) in [5.74, 6) is 1.31. The van der Waals surface area contributed by atoms with E-state index in [4.69, 9.17) is 9.26 Å². The first-order valence-electron chi connectivity index (χ1n) is 8.62. The summed E-state index contributed by atoms with van der Waals surface area (Å²) >= 11 is 0. The van der Waals surface area contributed by atoms with Gasteiger partial charge in [0.05, 0.1) is 0 Å². The molecular weight excluding hydrogens is 342 g/mol. The van der Waals surface area contributed by atoms with Gasteiger partial charge in [-0.2, -0.15) is 4.98 Å². The van der Waals surface area contributed by atoms with Gasteiger partial charge in [-0.1, -0.05) is 59.3 Å². The van der Waals surface area contributed by atoms with Gasteiger partial charge in [0.25, 0.3) is 5.91 Å². The standard InChI is InChI=1S/C21H21N3O3/c1-3-13-24(20(25)15-26-18-7-5-4-6-8-18)14-19-22-21(23-27-19)17-11-9-16(2)10-12-17/h3-12H,1,13-15H2,2H3. The van der Waals surface area contributed by atoms with E-state index in [-0.39, 0.29) is 19.1 Å². The van der Waals surface area contributed by atoms with Crippen LogP contribution in [0.3, 0.4) is 0 Å². The highest BCUT2D eigenvalue weighted by molar-refractivity contribution is 5.77. The molecule has 0 unspecified atom stereocenters. The molecule has 0 radical (unpaired) electrons. The Balaban J connectivity index is 1.64. The molecule has 6 heteroatoms. The van der Waals surface area contributed by atoms with Crippen molar-refractivity contribution in [3.05, 3.63) is 78.7 Å². The van der Waals surface area contributed by atoms with E-state index in [1.165, 1.54) is 0 Å². The second-order valence-corrected chi connectivity index (χ2v) is 6.04. The summed E-state index contributed by atoms with van der Waals surface area (Å²) < 4.78 is 10.8. The topological polar surface area (TPSA) is 68.5 Å². The molecule has 138 valence electrons. The summed E-state index contributed by atoms with van der Waals surface area (Å²) in [5, 5.41) is 4.00. The summed E-state index contributed by atoms with van der Waals surface area (Å²) in [6.45, 7) is 6.20. The van der Waals surface area contributed by atoms with Crippen LogP contribution in [0.1, 0.15) is 11.5 Å². The Kier molecular flexibility index (Phi) is 5.99. The molecular formula is C21H21N3O3. The fraction of sp³-hybridized carbons (Fsp3) is 0.190. The van der Waals surface area contributed by atoms with Crippen molar-refractivity contribution in [2.24, 2.45) is 0 Å². The highest BCUT2D eigenvalue weighted by Crippen LogP contribution is 2.17. The zero-order valence-corrected chi connectivity index (χ0v) is 15.2. The normalized spacial score (nSPS) is 10.4. The molecule has 6 nitrogen and oxygen atoms in total. The highest BCUT2D eigenvalue weighted by atomic mass is 16.5. The fourth-order valence-electron chi connectivity index (χ4n) is 2.47. The molecule has 0 N–H and O–H groups in total. The third-order valence-corrected chi connectivity index (χ3v) is 3.91. The molecule has 0 saturated carbocycles. The molecule has 0 aliphatic rings. The number of ether oxygens (including phenoxy) is 1. The molecule has 0 atom stereocenters. The molecule has 0 aliphatic carbocycles. The molecule has 0 aliphatic heterocycles. The van der Waals surface area contributed by atoms with Gasteiger partial charge < -0.3 is 14.2 Å². The lowest BCUT2D eigenvalue weighted by molar-refractivity contribution is -0.133. The number of amides is 1. The van der Waals surface area contributed by atoms with Gasteiger partial charge in [0.15, 0.2) is 6.61 Å². The van der Waals surface area contributed by atoms with E-state index >= 15 is 0 Å². The molecule has 1 amide bonds. The van der Waals surface area contributed by atoms with Crippen molar-refractivity contribution in [2.45, 2.75) is 13.5 Å². The largest absolute Gasteiger partial charge is 0.484 e. The molecule has 1 aromatic heterocycles. The Morgan fingerprint density at radius 1 is 1.19 bits per heavy atom. The molecule has 2 aromatic carbocycles. The van der Waals surface area contributed by atoms with Crippen molar-refractivity contribution in [3.63, 3.8) is 0 Å². The van der Waals surface area contributed by atoms with Crippen LogP contribution in [0.4, 0.5) is 0 Å². The Morgan fingerprint density at radius 2 is 1.93 bits per heavy atom. The number of benzene rings is 2. The predicted molar refractivity (Wildman–Crippen MR) is 102 cm³/mol. The van der Waals surface area contributed by atoms with Crippen LogP contribution in [0.5, 0.6) is 5.75 Å². The van der Waals surface area contributed by atoms with E-state index in [1.54, 1.807) is 23.1 Å². The van der Waals surface area contributed by atoms with Gasteiger partial charge in [-0.25, -0.2) is 0 Å². The van der Waals surface area contributed by atoms with Gasteiger partial charge in [0.2, 0.25) is 11.7 Å². The van der Waals surface area contributed by atoms with Crippen molar-refractivity contribution in [3.8, 4) is 17.1 Å². The van der Waals surface area contributed by atoms with Crippen LogP contribution in [-0.2, 0) is 11.3 Å². The lowest BCUT2D eigenvalue weighted by atomic mass is 10.1. The second kappa shape index (κ2) is 8.80. The Labute approximate surface area is 158 Å².